The molecule has 3 rings (SSSR count). The number of nitrogens with one attached hydrogen (secondary N) is 2. The van der Waals surface area contributed by atoms with Crippen LogP contribution in [0.25, 0.3) is 0 Å². The topological polar surface area (TPSA) is 95.6 Å². The van der Waals surface area contributed by atoms with Crippen LogP contribution in [0.3, 0.4) is 0 Å². The van der Waals surface area contributed by atoms with Crippen LogP contribution in [0.15, 0.2) is 62.8 Å². The summed E-state index contributed by atoms with van der Waals surface area (Å²) in [7, 11) is -3.52. The molecule has 0 unspecified atom stereocenters. The van der Waals surface area contributed by atoms with Crippen LogP contribution >= 0.6 is 27.7 Å². The van der Waals surface area contributed by atoms with Crippen molar-refractivity contribution in [2.45, 2.75) is 22.6 Å². The molecule has 2 aromatic carbocycles. The van der Waals surface area contributed by atoms with Crippen molar-refractivity contribution >= 4 is 49.5 Å². The van der Waals surface area contributed by atoms with Gasteiger partial charge < -0.3 is 0 Å². The lowest BCUT2D eigenvalue weighted by molar-refractivity contribution is -0.119. The quantitative estimate of drug-likeness (QED) is 0.472. The minimum Gasteiger partial charge on any atom is -0.272 e. The van der Waals surface area contributed by atoms with Gasteiger partial charge in [0, 0.05) is 28.0 Å². The third-order valence-corrected chi connectivity index (χ3v) is 7.77. The Morgan fingerprint density at radius 3 is 2.21 bits per heavy atom. The predicted molar refractivity (Wildman–Crippen MR) is 115 cm³/mol. The summed E-state index contributed by atoms with van der Waals surface area (Å²) in [5, 5.41) is 0. The van der Waals surface area contributed by atoms with Crippen molar-refractivity contribution in [1.29, 1.82) is 0 Å². The van der Waals surface area contributed by atoms with Crippen molar-refractivity contribution in [3.05, 3.63) is 58.6 Å². The first-order valence-electron chi connectivity index (χ1n) is 8.94. The second-order valence-electron chi connectivity index (χ2n) is 6.38. The molecule has 0 spiro atoms. The van der Waals surface area contributed by atoms with Crippen molar-refractivity contribution < 1.29 is 18.0 Å². The van der Waals surface area contributed by atoms with E-state index in [-0.39, 0.29) is 22.1 Å². The molecule has 0 atom stereocenters. The van der Waals surface area contributed by atoms with Gasteiger partial charge in [0.25, 0.3) is 5.91 Å². The number of amides is 2. The number of sulfonamides is 1. The summed E-state index contributed by atoms with van der Waals surface area (Å²) in [5.74, 6) is -0.717. The van der Waals surface area contributed by atoms with Crippen molar-refractivity contribution in [1.82, 2.24) is 15.2 Å². The van der Waals surface area contributed by atoms with E-state index in [1.807, 2.05) is 24.3 Å². The molecule has 10 heteroatoms. The van der Waals surface area contributed by atoms with Crippen LogP contribution in [0.4, 0.5) is 0 Å². The molecule has 2 N–H and O–H groups in total. The average molecular weight is 498 g/mol. The molecular formula is C19H20BrN3O4S2. The highest BCUT2D eigenvalue weighted by molar-refractivity contribution is 9.10. The molecule has 0 saturated carbocycles. The first kappa shape index (κ1) is 21.8. The van der Waals surface area contributed by atoms with Crippen LogP contribution in [0.1, 0.15) is 23.2 Å². The van der Waals surface area contributed by atoms with Crippen LogP contribution in [0.2, 0.25) is 0 Å². The summed E-state index contributed by atoms with van der Waals surface area (Å²) in [6.45, 7) is 1.05. The summed E-state index contributed by atoms with van der Waals surface area (Å²) < 4.78 is 27.4. The van der Waals surface area contributed by atoms with Crippen molar-refractivity contribution in [2.75, 3.05) is 18.8 Å². The minimum absolute atomic E-state index is 0.148. The van der Waals surface area contributed by atoms with Gasteiger partial charge in [-0.3, -0.25) is 20.4 Å². The molecule has 0 aromatic heterocycles. The summed E-state index contributed by atoms with van der Waals surface area (Å²) in [4.78, 5) is 25.2. The summed E-state index contributed by atoms with van der Waals surface area (Å²) in [5.41, 5.74) is 4.95. The molecule has 29 heavy (non-hydrogen) atoms. The van der Waals surface area contributed by atoms with E-state index >= 15 is 0 Å². The van der Waals surface area contributed by atoms with Gasteiger partial charge in [-0.2, -0.15) is 4.31 Å². The number of hydrogen-bond acceptors (Lipinski definition) is 5. The molecule has 1 aliphatic rings. The third kappa shape index (κ3) is 5.81. The monoisotopic (exact) mass is 497 g/mol. The van der Waals surface area contributed by atoms with Gasteiger partial charge in [-0.05, 0) is 61.4 Å². The Hall–Kier alpha value is -1.88. The molecule has 2 aromatic rings. The number of nitrogens with zero attached hydrogens (tertiary/aromatic N) is 1. The molecule has 0 radical (unpaired) electrons. The highest BCUT2D eigenvalue weighted by Crippen LogP contribution is 2.21. The van der Waals surface area contributed by atoms with Gasteiger partial charge in [0.15, 0.2) is 0 Å². The van der Waals surface area contributed by atoms with Gasteiger partial charge in [0.2, 0.25) is 15.9 Å². The molecule has 0 bridgehead atoms. The van der Waals surface area contributed by atoms with E-state index in [0.29, 0.717) is 13.1 Å². The fourth-order valence-electron chi connectivity index (χ4n) is 2.77. The molecule has 7 nitrogen and oxygen atoms in total. The van der Waals surface area contributed by atoms with E-state index in [4.69, 9.17) is 0 Å². The number of hydrogen-bond donors (Lipinski definition) is 2. The third-order valence-electron chi connectivity index (χ3n) is 4.32. The Morgan fingerprint density at radius 1 is 0.966 bits per heavy atom. The summed E-state index contributed by atoms with van der Waals surface area (Å²) in [6.07, 6.45) is 1.72. The van der Waals surface area contributed by atoms with Crippen LogP contribution in [0, 0.1) is 0 Å². The zero-order valence-corrected chi connectivity index (χ0v) is 18.6. The van der Waals surface area contributed by atoms with Gasteiger partial charge in [0.05, 0.1) is 10.6 Å². The number of thioether (sulfide) groups is 1. The lowest BCUT2D eigenvalue weighted by atomic mass is 10.2. The highest BCUT2D eigenvalue weighted by atomic mass is 79.9. The molecule has 0 aliphatic carbocycles. The van der Waals surface area contributed by atoms with Crippen LogP contribution in [-0.4, -0.2) is 43.4 Å². The van der Waals surface area contributed by atoms with E-state index in [1.165, 1.54) is 40.3 Å². The maximum absolute atomic E-state index is 12.5. The van der Waals surface area contributed by atoms with E-state index in [9.17, 15) is 18.0 Å². The highest BCUT2D eigenvalue weighted by Gasteiger charge is 2.27. The number of benzene rings is 2. The SMILES string of the molecule is O=C(CSc1ccc(Br)cc1)NNC(=O)c1ccc(S(=O)(=O)N2CCCC2)cc1. The number of carbonyl (C=O) groups excluding carboxylic acids is 2. The van der Waals surface area contributed by atoms with E-state index in [0.717, 1.165) is 22.2 Å². The maximum Gasteiger partial charge on any atom is 0.269 e. The van der Waals surface area contributed by atoms with Crippen molar-refractivity contribution in [2.24, 2.45) is 0 Å². The molecule has 1 fully saturated rings. The smallest absolute Gasteiger partial charge is 0.269 e. The number of carbonyl (C=O) groups is 2. The zero-order valence-electron chi connectivity index (χ0n) is 15.4. The molecule has 1 aliphatic heterocycles. The summed E-state index contributed by atoms with van der Waals surface area (Å²) >= 11 is 4.69. The van der Waals surface area contributed by atoms with Gasteiger partial charge in [0.1, 0.15) is 0 Å². The molecule has 154 valence electrons. The molecule has 2 amide bonds. The standard InChI is InChI=1S/C19H20BrN3O4S2/c20-15-5-7-16(8-6-15)28-13-18(24)21-22-19(25)14-3-9-17(10-4-14)29(26,27)23-11-1-2-12-23/h3-10H,1-2,11-13H2,(H,21,24)(H,22,25). The van der Waals surface area contributed by atoms with E-state index in [2.05, 4.69) is 26.8 Å². The van der Waals surface area contributed by atoms with Crippen molar-refractivity contribution in [3.63, 3.8) is 0 Å². The number of hydrazine groups is 1. The van der Waals surface area contributed by atoms with Crippen LogP contribution in [0.5, 0.6) is 0 Å². The molecular weight excluding hydrogens is 478 g/mol. The predicted octanol–water partition coefficient (Wildman–Crippen LogP) is 2.79. The Bertz CT molecular complexity index is 974. The van der Waals surface area contributed by atoms with E-state index in [1.54, 1.807) is 0 Å². The Labute approximate surface area is 182 Å². The number of rotatable bonds is 6. The van der Waals surface area contributed by atoms with Crippen molar-refractivity contribution in [3.8, 4) is 0 Å². The molecule has 1 heterocycles. The Morgan fingerprint density at radius 2 is 1.59 bits per heavy atom. The van der Waals surface area contributed by atoms with Gasteiger partial charge in [-0.1, -0.05) is 15.9 Å². The lowest BCUT2D eigenvalue weighted by Crippen LogP contribution is -2.42. The first-order chi connectivity index (χ1) is 13.9. The van der Waals surface area contributed by atoms with Gasteiger partial charge in [-0.25, -0.2) is 8.42 Å². The molecule has 1 saturated heterocycles. The first-order valence-corrected chi connectivity index (χ1v) is 12.2. The Balaban J connectivity index is 1.50. The second kappa shape index (κ2) is 9.75. The maximum atomic E-state index is 12.5. The average Bonchev–Trinajstić information content (AvgIpc) is 3.27. The lowest BCUT2D eigenvalue weighted by Gasteiger charge is -2.15. The zero-order chi connectivity index (χ0) is 20.9. The van der Waals surface area contributed by atoms with E-state index < -0.39 is 15.9 Å². The van der Waals surface area contributed by atoms with Crippen LogP contribution in [-0.2, 0) is 14.8 Å². The number of halogens is 1. The van der Waals surface area contributed by atoms with Crippen LogP contribution < -0.4 is 10.9 Å². The van der Waals surface area contributed by atoms with Gasteiger partial charge >= 0.3 is 0 Å². The fourth-order valence-corrected chi connectivity index (χ4v) is 5.25. The largest absolute Gasteiger partial charge is 0.272 e. The minimum atomic E-state index is -3.52. The van der Waals surface area contributed by atoms with Gasteiger partial charge in [-0.15, -0.1) is 11.8 Å². The Kier molecular flexibility index (Phi) is 7.33. The second-order valence-corrected chi connectivity index (χ2v) is 10.3. The summed E-state index contributed by atoms with van der Waals surface area (Å²) in [6, 6.07) is 13.2. The normalized spacial score (nSPS) is 14.5. The fraction of sp³-hybridized carbons (Fsp3) is 0.263.